The fraction of sp³-hybridized carbons (Fsp3) is 0.417. The van der Waals surface area contributed by atoms with Gasteiger partial charge >= 0.3 is 0 Å². The predicted octanol–water partition coefficient (Wildman–Crippen LogP) is 2.73. The second-order valence-corrected chi connectivity index (χ2v) is 4.45. The normalized spacial score (nSPS) is 9.81. The number of thioether (sulfide) groups is 1. The molecular weight excluding hydrogens is 220 g/mol. The minimum absolute atomic E-state index is 0.635. The average molecular weight is 236 g/mol. The van der Waals surface area contributed by atoms with Crippen LogP contribution in [0.3, 0.4) is 0 Å². The first-order chi connectivity index (χ1) is 7.83. The lowest BCUT2D eigenvalue weighted by molar-refractivity contribution is 0.211. The Kier molecular flexibility index (Phi) is 5.76. The van der Waals surface area contributed by atoms with Crippen LogP contribution in [0.4, 0.5) is 5.69 Å². The molecule has 1 aromatic rings. The lowest BCUT2D eigenvalue weighted by Crippen LogP contribution is -2.08. The number of benzene rings is 1. The van der Waals surface area contributed by atoms with Gasteiger partial charge in [0.05, 0.1) is 17.9 Å². The van der Waals surface area contributed by atoms with E-state index in [1.54, 1.807) is 18.9 Å². The Labute approximate surface area is 101 Å². The molecule has 0 radical (unpaired) electrons. The highest BCUT2D eigenvalue weighted by atomic mass is 32.2. The van der Waals surface area contributed by atoms with Gasteiger partial charge in [-0.3, -0.25) is 0 Å². The largest absolute Gasteiger partial charge is 0.383 e. The van der Waals surface area contributed by atoms with Crippen molar-refractivity contribution >= 4 is 17.4 Å². The smallest absolute Gasteiger partial charge is 0.102 e. The highest BCUT2D eigenvalue weighted by Gasteiger charge is 2.06. The molecule has 0 spiro atoms. The van der Waals surface area contributed by atoms with E-state index in [-0.39, 0.29) is 0 Å². The van der Waals surface area contributed by atoms with E-state index in [2.05, 4.69) is 18.3 Å². The van der Waals surface area contributed by atoms with Gasteiger partial charge in [0.2, 0.25) is 0 Å². The summed E-state index contributed by atoms with van der Waals surface area (Å²) in [5.74, 6) is 0.968. The van der Waals surface area contributed by atoms with Crippen LogP contribution in [0, 0.1) is 11.3 Å². The number of ether oxygens (including phenoxy) is 1. The van der Waals surface area contributed by atoms with Crippen molar-refractivity contribution in [1.29, 1.82) is 5.26 Å². The summed E-state index contributed by atoms with van der Waals surface area (Å²) in [6.07, 6.45) is 0. The summed E-state index contributed by atoms with van der Waals surface area (Å²) in [5.41, 5.74) is 1.61. The van der Waals surface area contributed by atoms with Crippen molar-refractivity contribution in [3.05, 3.63) is 23.8 Å². The number of hydrogen-bond acceptors (Lipinski definition) is 4. The van der Waals surface area contributed by atoms with Crippen LogP contribution in [-0.4, -0.2) is 26.0 Å². The molecule has 0 bridgehead atoms. The van der Waals surface area contributed by atoms with Crippen LogP contribution in [-0.2, 0) is 4.74 Å². The second-order valence-electron chi connectivity index (χ2n) is 3.14. The zero-order valence-corrected chi connectivity index (χ0v) is 10.4. The van der Waals surface area contributed by atoms with E-state index < -0.39 is 0 Å². The van der Waals surface area contributed by atoms with E-state index in [0.29, 0.717) is 13.2 Å². The zero-order valence-electron chi connectivity index (χ0n) is 9.62. The van der Waals surface area contributed by atoms with E-state index in [4.69, 9.17) is 10.00 Å². The number of hydrogen-bond donors (Lipinski definition) is 1. The first-order valence-electron chi connectivity index (χ1n) is 5.22. The van der Waals surface area contributed by atoms with Gasteiger partial charge in [-0.05, 0) is 17.9 Å². The Morgan fingerprint density at radius 3 is 2.94 bits per heavy atom. The molecule has 3 nitrogen and oxygen atoms in total. The molecule has 0 amide bonds. The Morgan fingerprint density at radius 2 is 2.31 bits per heavy atom. The molecule has 16 heavy (non-hydrogen) atoms. The second kappa shape index (κ2) is 7.15. The number of anilines is 1. The maximum Gasteiger partial charge on any atom is 0.102 e. The van der Waals surface area contributed by atoms with Crippen LogP contribution < -0.4 is 5.32 Å². The third-order valence-electron chi connectivity index (χ3n) is 2.06. The molecular formula is C12H16N2OS. The highest BCUT2D eigenvalue weighted by Crippen LogP contribution is 2.27. The van der Waals surface area contributed by atoms with Gasteiger partial charge in [0.15, 0.2) is 0 Å². The van der Waals surface area contributed by atoms with E-state index in [0.717, 1.165) is 21.9 Å². The van der Waals surface area contributed by atoms with Crippen molar-refractivity contribution in [3.8, 4) is 6.07 Å². The maximum atomic E-state index is 9.15. The first-order valence-corrected chi connectivity index (χ1v) is 6.20. The minimum Gasteiger partial charge on any atom is -0.383 e. The molecule has 0 atom stereocenters. The van der Waals surface area contributed by atoms with Crippen LogP contribution >= 0.6 is 11.8 Å². The van der Waals surface area contributed by atoms with Crippen LogP contribution in [0.5, 0.6) is 0 Å². The van der Waals surface area contributed by atoms with Gasteiger partial charge in [-0.25, -0.2) is 0 Å². The molecule has 4 heteroatoms. The summed E-state index contributed by atoms with van der Waals surface area (Å²) in [6.45, 7) is 3.43. The topological polar surface area (TPSA) is 45.0 Å². The van der Waals surface area contributed by atoms with Gasteiger partial charge in [0.25, 0.3) is 0 Å². The number of nitrogens with one attached hydrogen (secondary N) is 1. The lowest BCUT2D eigenvalue weighted by atomic mass is 10.2. The summed E-state index contributed by atoms with van der Waals surface area (Å²) in [6, 6.07) is 8.12. The highest BCUT2D eigenvalue weighted by molar-refractivity contribution is 7.99. The average Bonchev–Trinajstić information content (AvgIpc) is 2.30. The zero-order chi connectivity index (χ0) is 11.8. The van der Waals surface area contributed by atoms with Crippen molar-refractivity contribution in [2.24, 2.45) is 0 Å². The van der Waals surface area contributed by atoms with E-state index in [1.165, 1.54) is 0 Å². The van der Waals surface area contributed by atoms with Gasteiger partial charge in [-0.1, -0.05) is 13.0 Å². The summed E-state index contributed by atoms with van der Waals surface area (Å²) in [5, 5.41) is 12.4. The molecule has 0 fully saturated rings. The number of nitriles is 1. The van der Waals surface area contributed by atoms with Crippen molar-refractivity contribution in [2.45, 2.75) is 11.8 Å². The van der Waals surface area contributed by atoms with Gasteiger partial charge in [0.1, 0.15) is 6.07 Å². The predicted molar refractivity (Wildman–Crippen MR) is 67.9 cm³/mol. The quantitative estimate of drug-likeness (QED) is 0.609. The van der Waals surface area contributed by atoms with E-state index >= 15 is 0 Å². The first kappa shape index (κ1) is 12.9. The summed E-state index contributed by atoms with van der Waals surface area (Å²) < 4.78 is 4.96. The molecule has 1 N–H and O–H groups in total. The summed E-state index contributed by atoms with van der Waals surface area (Å²) >= 11 is 1.69. The van der Waals surface area contributed by atoms with Gasteiger partial charge in [-0.15, -0.1) is 11.8 Å². The fourth-order valence-corrected chi connectivity index (χ4v) is 2.14. The SMILES string of the molecule is CCSc1cccc(NCCOC)c1C#N. The Bertz CT molecular complexity index is 374. The molecule has 1 aromatic carbocycles. The molecule has 0 unspecified atom stereocenters. The van der Waals surface area contributed by atoms with Crippen molar-refractivity contribution in [1.82, 2.24) is 0 Å². The van der Waals surface area contributed by atoms with Gasteiger partial charge in [-0.2, -0.15) is 5.26 Å². The van der Waals surface area contributed by atoms with Crippen molar-refractivity contribution < 1.29 is 4.74 Å². The molecule has 0 aliphatic rings. The fourth-order valence-electron chi connectivity index (χ4n) is 1.36. The standard InChI is InChI=1S/C12H16N2OS/c1-3-16-12-6-4-5-11(10(12)9-13)14-7-8-15-2/h4-6,14H,3,7-8H2,1-2H3. The Balaban J connectivity index is 2.83. The van der Waals surface area contributed by atoms with Crippen LogP contribution in [0.2, 0.25) is 0 Å². The Hall–Kier alpha value is -1.18. The monoisotopic (exact) mass is 236 g/mol. The molecule has 0 saturated heterocycles. The minimum atomic E-state index is 0.635. The number of rotatable bonds is 6. The molecule has 0 heterocycles. The van der Waals surface area contributed by atoms with E-state index in [9.17, 15) is 0 Å². The van der Waals surface area contributed by atoms with E-state index in [1.807, 2.05) is 18.2 Å². The molecule has 0 aromatic heterocycles. The third-order valence-corrected chi connectivity index (χ3v) is 3.00. The van der Waals surface area contributed by atoms with Crippen LogP contribution in [0.25, 0.3) is 0 Å². The van der Waals surface area contributed by atoms with Crippen LogP contribution in [0.1, 0.15) is 12.5 Å². The summed E-state index contributed by atoms with van der Waals surface area (Å²) in [4.78, 5) is 1.03. The molecule has 0 aliphatic heterocycles. The molecule has 0 aliphatic carbocycles. The number of nitrogens with zero attached hydrogens (tertiary/aromatic N) is 1. The lowest BCUT2D eigenvalue weighted by Gasteiger charge is -2.10. The third kappa shape index (κ3) is 3.44. The molecule has 1 rings (SSSR count). The number of methoxy groups -OCH3 is 1. The van der Waals surface area contributed by atoms with Crippen molar-refractivity contribution in [3.63, 3.8) is 0 Å². The van der Waals surface area contributed by atoms with Gasteiger partial charge < -0.3 is 10.1 Å². The van der Waals surface area contributed by atoms with Gasteiger partial charge in [0, 0.05) is 18.6 Å². The molecule has 86 valence electrons. The maximum absolute atomic E-state index is 9.15. The van der Waals surface area contributed by atoms with Crippen LogP contribution in [0.15, 0.2) is 23.1 Å². The Morgan fingerprint density at radius 1 is 1.50 bits per heavy atom. The summed E-state index contributed by atoms with van der Waals surface area (Å²) in [7, 11) is 1.66. The molecule has 0 saturated carbocycles. The van der Waals surface area contributed by atoms with Crippen molar-refractivity contribution in [2.75, 3.05) is 31.3 Å².